The zero-order chi connectivity index (χ0) is 9.90. The second-order valence-electron chi connectivity index (χ2n) is 3.77. The molecule has 0 saturated carbocycles. The number of hydrogen-bond acceptors (Lipinski definition) is 3. The maximum Gasteiger partial charge on any atom is 0.0832 e. The van der Waals surface area contributed by atoms with Gasteiger partial charge in [0.15, 0.2) is 0 Å². The molecule has 0 fully saturated rings. The van der Waals surface area contributed by atoms with Crippen molar-refractivity contribution in [1.29, 1.82) is 0 Å². The predicted molar refractivity (Wildman–Crippen MR) is 56.9 cm³/mol. The van der Waals surface area contributed by atoms with E-state index in [4.69, 9.17) is 5.73 Å². The lowest BCUT2D eigenvalue weighted by molar-refractivity contribution is 0.00416. The van der Waals surface area contributed by atoms with E-state index in [2.05, 4.69) is 5.38 Å². The molecule has 3 heteroatoms. The molecular weight excluding hydrogens is 182 g/mol. The summed E-state index contributed by atoms with van der Waals surface area (Å²) in [4.78, 5) is 0. The Kier molecular flexibility index (Phi) is 3.47. The van der Waals surface area contributed by atoms with Crippen LogP contribution in [0.5, 0.6) is 0 Å². The summed E-state index contributed by atoms with van der Waals surface area (Å²) < 4.78 is 0. The fourth-order valence-electron chi connectivity index (χ4n) is 1.26. The van der Waals surface area contributed by atoms with Crippen molar-refractivity contribution in [3.8, 4) is 0 Å². The maximum absolute atomic E-state index is 10.1. The second kappa shape index (κ2) is 4.22. The molecule has 3 N–H and O–H groups in total. The van der Waals surface area contributed by atoms with Crippen molar-refractivity contribution in [1.82, 2.24) is 0 Å². The highest BCUT2D eigenvalue weighted by Crippen LogP contribution is 2.22. The third kappa shape index (κ3) is 2.53. The summed E-state index contributed by atoms with van der Waals surface area (Å²) >= 11 is 1.65. The van der Waals surface area contributed by atoms with Crippen molar-refractivity contribution in [3.05, 3.63) is 22.4 Å². The Morgan fingerprint density at radius 3 is 2.69 bits per heavy atom. The van der Waals surface area contributed by atoms with Gasteiger partial charge in [0.2, 0.25) is 0 Å². The molecular formula is C10H17NOS. The Hall–Kier alpha value is -0.380. The smallest absolute Gasteiger partial charge is 0.0832 e. The lowest BCUT2D eigenvalue weighted by Gasteiger charge is -2.30. The number of rotatable bonds is 4. The van der Waals surface area contributed by atoms with Crippen LogP contribution in [0.3, 0.4) is 0 Å². The molecule has 0 spiro atoms. The fourth-order valence-corrected chi connectivity index (χ4v) is 1.93. The van der Waals surface area contributed by atoms with Crippen molar-refractivity contribution in [2.75, 3.05) is 6.54 Å². The SMILES string of the molecule is CC(C)C(O)(CN)Cc1ccsc1. The van der Waals surface area contributed by atoms with Crippen LogP contribution in [0.1, 0.15) is 19.4 Å². The lowest BCUT2D eigenvalue weighted by Crippen LogP contribution is -2.44. The van der Waals surface area contributed by atoms with Crippen LogP contribution in [0, 0.1) is 5.92 Å². The van der Waals surface area contributed by atoms with E-state index in [1.54, 1.807) is 11.3 Å². The van der Waals surface area contributed by atoms with Gasteiger partial charge in [0, 0.05) is 13.0 Å². The summed E-state index contributed by atoms with van der Waals surface area (Å²) in [7, 11) is 0. The number of nitrogens with two attached hydrogens (primary N) is 1. The first-order valence-corrected chi connectivity index (χ1v) is 5.46. The largest absolute Gasteiger partial charge is 0.388 e. The molecule has 1 rings (SSSR count). The predicted octanol–water partition coefficient (Wildman–Crippen LogP) is 1.64. The van der Waals surface area contributed by atoms with Gasteiger partial charge in [0.1, 0.15) is 0 Å². The molecule has 74 valence electrons. The van der Waals surface area contributed by atoms with Crippen molar-refractivity contribution in [3.63, 3.8) is 0 Å². The van der Waals surface area contributed by atoms with Crippen LogP contribution in [0.4, 0.5) is 0 Å². The van der Waals surface area contributed by atoms with E-state index in [0.29, 0.717) is 13.0 Å². The van der Waals surface area contributed by atoms with Crippen molar-refractivity contribution >= 4 is 11.3 Å². The van der Waals surface area contributed by atoms with E-state index in [9.17, 15) is 5.11 Å². The summed E-state index contributed by atoms with van der Waals surface area (Å²) in [6.45, 7) is 4.32. The van der Waals surface area contributed by atoms with Crippen LogP contribution in [0.2, 0.25) is 0 Å². The summed E-state index contributed by atoms with van der Waals surface area (Å²) in [6.07, 6.45) is 0.657. The molecule has 13 heavy (non-hydrogen) atoms. The topological polar surface area (TPSA) is 46.2 Å². The first-order valence-electron chi connectivity index (χ1n) is 4.52. The van der Waals surface area contributed by atoms with Gasteiger partial charge in [-0.25, -0.2) is 0 Å². The fraction of sp³-hybridized carbons (Fsp3) is 0.600. The van der Waals surface area contributed by atoms with Gasteiger partial charge < -0.3 is 10.8 Å². The van der Waals surface area contributed by atoms with Crippen LogP contribution in [-0.2, 0) is 6.42 Å². The normalized spacial score (nSPS) is 16.1. The molecule has 0 radical (unpaired) electrons. The highest BCUT2D eigenvalue weighted by molar-refractivity contribution is 7.07. The molecule has 0 aliphatic rings. The van der Waals surface area contributed by atoms with Gasteiger partial charge in [-0.15, -0.1) is 0 Å². The van der Waals surface area contributed by atoms with E-state index in [-0.39, 0.29) is 5.92 Å². The molecule has 0 aliphatic heterocycles. The maximum atomic E-state index is 10.1. The van der Waals surface area contributed by atoms with E-state index < -0.39 is 5.60 Å². The average molecular weight is 199 g/mol. The lowest BCUT2D eigenvalue weighted by atomic mass is 9.85. The van der Waals surface area contributed by atoms with Gasteiger partial charge >= 0.3 is 0 Å². The molecule has 0 bridgehead atoms. The van der Waals surface area contributed by atoms with E-state index in [1.807, 2.05) is 25.3 Å². The van der Waals surface area contributed by atoms with Gasteiger partial charge in [-0.1, -0.05) is 13.8 Å². The molecule has 1 heterocycles. The molecule has 0 aliphatic carbocycles. The molecule has 0 aromatic carbocycles. The molecule has 1 unspecified atom stereocenters. The number of hydrogen-bond donors (Lipinski definition) is 2. The van der Waals surface area contributed by atoms with Crippen LogP contribution in [0.25, 0.3) is 0 Å². The number of thiophene rings is 1. The first kappa shape index (κ1) is 10.7. The van der Waals surface area contributed by atoms with Crippen LogP contribution >= 0.6 is 11.3 Å². The monoisotopic (exact) mass is 199 g/mol. The average Bonchev–Trinajstić information content (AvgIpc) is 2.56. The highest BCUT2D eigenvalue weighted by Gasteiger charge is 2.29. The molecule has 0 saturated heterocycles. The van der Waals surface area contributed by atoms with Crippen LogP contribution in [-0.4, -0.2) is 17.3 Å². The summed E-state index contributed by atoms with van der Waals surface area (Å²) in [5, 5.41) is 14.2. The number of aliphatic hydroxyl groups is 1. The summed E-state index contributed by atoms with van der Waals surface area (Å²) in [6, 6.07) is 2.04. The Bertz CT molecular complexity index is 245. The summed E-state index contributed by atoms with van der Waals surface area (Å²) in [5.41, 5.74) is 6.00. The Morgan fingerprint density at radius 1 is 1.62 bits per heavy atom. The minimum atomic E-state index is -0.749. The highest BCUT2D eigenvalue weighted by atomic mass is 32.1. The van der Waals surface area contributed by atoms with Crippen molar-refractivity contribution in [2.45, 2.75) is 25.9 Å². The third-order valence-electron chi connectivity index (χ3n) is 2.52. The summed E-state index contributed by atoms with van der Waals surface area (Å²) in [5.74, 6) is 0.192. The Balaban J connectivity index is 2.69. The second-order valence-corrected chi connectivity index (χ2v) is 4.55. The molecule has 1 aromatic heterocycles. The Morgan fingerprint density at radius 2 is 2.31 bits per heavy atom. The molecule has 2 nitrogen and oxygen atoms in total. The quantitative estimate of drug-likeness (QED) is 0.774. The molecule has 0 amide bonds. The third-order valence-corrected chi connectivity index (χ3v) is 3.25. The van der Waals surface area contributed by atoms with E-state index in [0.717, 1.165) is 0 Å². The van der Waals surface area contributed by atoms with Crippen LogP contribution in [0.15, 0.2) is 16.8 Å². The van der Waals surface area contributed by atoms with E-state index >= 15 is 0 Å². The molecule has 1 atom stereocenters. The minimum absolute atomic E-state index is 0.192. The molecule has 1 aromatic rings. The van der Waals surface area contributed by atoms with Gasteiger partial charge in [-0.3, -0.25) is 0 Å². The Labute approximate surface area is 83.4 Å². The van der Waals surface area contributed by atoms with E-state index in [1.165, 1.54) is 5.56 Å². The first-order chi connectivity index (χ1) is 6.08. The van der Waals surface area contributed by atoms with Crippen LogP contribution < -0.4 is 5.73 Å². The van der Waals surface area contributed by atoms with Crippen molar-refractivity contribution in [2.24, 2.45) is 11.7 Å². The zero-order valence-electron chi connectivity index (χ0n) is 8.16. The zero-order valence-corrected chi connectivity index (χ0v) is 8.97. The van der Waals surface area contributed by atoms with Gasteiger partial charge in [0.05, 0.1) is 5.60 Å². The van der Waals surface area contributed by atoms with Crippen molar-refractivity contribution < 1.29 is 5.11 Å². The van der Waals surface area contributed by atoms with Gasteiger partial charge in [-0.05, 0) is 28.3 Å². The van der Waals surface area contributed by atoms with Gasteiger partial charge in [0.25, 0.3) is 0 Å². The van der Waals surface area contributed by atoms with Gasteiger partial charge in [-0.2, -0.15) is 11.3 Å². The minimum Gasteiger partial charge on any atom is -0.388 e. The standard InChI is InChI=1S/C10H17NOS/c1-8(2)10(12,7-11)5-9-3-4-13-6-9/h3-4,6,8,12H,5,7,11H2,1-2H3.